The minimum Gasteiger partial charge on any atom is -0.363 e. The molecular formula is C17H13N3O3S2. The molecule has 0 spiro atoms. The van der Waals surface area contributed by atoms with Crippen molar-refractivity contribution in [3.8, 4) is 10.7 Å². The second-order valence-corrected chi connectivity index (χ2v) is 7.00. The monoisotopic (exact) mass is 371 g/mol. The first-order valence-electron chi connectivity index (χ1n) is 7.40. The predicted octanol–water partition coefficient (Wildman–Crippen LogP) is 3.62. The summed E-state index contributed by atoms with van der Waals surface area (Å²) in [6, 6.07) is 7.66. The van der Waals surface area contributed by atoms with Gasteiger partial charge >= 0.3 is 0 Å². The highest BCUT2D eigenvalue weighted by atomic mass is 32.1. The van der Waals surface area contributed by atoms with Gasteiger partial charge in [-0.3, -0.25) is 4.79 Å². The lowest BCUT2D eigenvalue weighted by Crippen LogP contribution is -2.00. The van der Waals surface area contributed by atoms with Crippen LogP contribution in [0.2, 0.25) is 0 Å². The fraction of sp³-hybridized carbons (Fsp3) is 0.118. The van der Waals surface area contributed by atoms with Crippen LogP contribution < -0.4 is 0 Å². The summed E-state index contributed by atoms with van der Waals surface area (Å²) in [6.45, 7) is 0. The Morgan fingerprint density at radius 2 is 2.08 bits per heavy atom. The van der Waals surface area contributed by atoms with Gasteiger partial charge in [0.05, 0.1) is 5.56 Å². The van der Waals surface area contributed by atoms with E-state index in [-0.39, 0.29) is 5.78 Å². The summed E-state index contributed by atoms with van der Waals surface area (Å²) in [5, 5.41) is 15.1. The van der Waals surface area contributed by atoms with Crippen molar-refractivity contribution in [1.29, 1.82) is 0 Å². The number of aliphatic hydroxyl groups excluding tert-OH is 1. The quantitative estimate of drug-likeness (QED) is 0.413. The molecule has 126 valence electrons. The van der Waals surface area contributed by atoms with Crippen LogP contribution in [0, 0.1) is 0 Å². The standard InChI is InChI=1S/C17H13N3O3S2/c1-23-17(22)13-8-24-15(20-13)12-7-25-16(19-12)14(21)10-6-18-11-5-3-2-4-9(10)11/h2-8,17-18,22H,1H3. The molecule has 1 aromatic carbocycles. The number of nitrogens with zero attached hydrogens (tertiary/aromatic N) is 2. The molecule has 4 rings (SSSR count). The topological polar surface area (TPSA) is 88.1 Å². The summed E-state index contributed by atoms with van der Waals surface area (Å²) in [7, 11) is 1.41. The van der Waals surface area contributed by atoms with Crippen molar-refractivity contribution in [2.45, 2.75) is 6.29 Å². The number of aromatic nitrogens is 3. The Bertz CT molecular complexity index is 1050. The molecule has 0 saturated heterocycles. The number of fused-ring (bicyclic) bond motifs is 1. The number of nitrogens with one attached hydrogen (secondary N) is 1. The number of benzene rings is 1. The van der Waals surface area contributed by atoms with Crippen molar-refractivity contribution in [2.75, 3.05) is 7.11 Å². The zero-order valence-corrected chi connectivity index (χ0v) is 14.7. The van der Waals surface area contributed by atoms with Crippen LogP contribution in [0.5, 0.6) is 0 Å². The van der Waals surface area contributed by atoms with Gasteiger partial charge in [0.2, 0.25) is 5.78 Å². The van der Waals surface area contributed by atoms with Gasteiger partial charge in [-0.05, 0) is 6.07 Å². The highest BCUT2D eigenvalue weighted by molar-refractivity contribution is 7.14. The van der Waals surface area contributed by atoms with E-state index in [0.717, 1.165) is 10.9 Å². The maximum absolute atomic E-state index is 12.8. The van der Waals surface area contributed by atoms with Gasteiger partial charge in [0.1, 0.15) is 16.4 Å². The van der Waals surface area contributed by atoms with Gasteiger partial charge in [-0.15, -0.1) is 22.7 Å². The largest absolute Gasteiger partial charge is 0.363 e. The molecule has 0 amide bonds. The van der Waals surface area contributed by atoms with Gasteiger partial charge in [0.15, 0.2) is 11.3 Å². The van der Waals surface area contributed by atoms with Crippen LogP contribution in [0.3, 0.4) is 0 Å². The number of hydrogen-bond donors (Lipinski definition) is 2. The minimum absolute atomic E-state index is 0.123. The molecular weight excluding hydrogens is 358 g/mol. The van der Waals surface area contributed by atoms with E-state index in [9.17, 15) is 9.90 Å². The molecule has 1 atom stereocenters. The highest BCUT2D eigenvalue weighted by Gasteiger charge is 2.19. The highest BCUT2D eigenvalue weighted by Crippen LogP contribution is 2.29. The first kappa shape index (κ1) is 16.1. The SMILES string of the molecule is COC(O)c1csc(-c2csc(C(=O)c3c[nH]c4ccccc34)n2)n1. The number of thiazole rings is 2. The number of methoxy groups -OCH3 is 1. The number of carbonyl (C=O) groups is 1. The number of aliphatic hydroxyl groups is 1. The smallest absolute Gasteiger partial charge is 0.223 e. The Kier molecular flexibility index (Phi) is 4.18. The third-order valence-electron chi connectivity index (χ3n) is 3.75. The van der Waals surface area contributed by atoms with E-state index in [0.29, 0.717) is 27.0 Å². The number of ketones is 1. The molecule has 0 bridgehead atoms. The minimum atomic E-state index is -1.06. The number of para-hydroxylation sites is 1. The molecule has 8 heteroatoms. The second-order valence-electron chi connectivity index (χ2n) is 5.28. The number of carbonyl (C=O) groups excluding carboxylic acids is 1. The first-order valence-corrected chi connectivity index (χ1v) is 9.16. The van der Waals surface area contributed by atoms with Gasteiger partial charge in [-0.2, -0.15) is 0 Å². The van der Waals surface area contributed by atoms with Gasteiger partial charge in [-0.25, -0.2) is 9.97 Å². The Hall–Kier alpha value is -2.39. The van der Waals surface area contributed by atoms with Crippen LogP contribution in [0.4, 0.5) is 0 Å². The molecule has 3 aromatic heterocycles. The Balaban J connectivity index is 1.65. The maximum atomic E-state index is 12.8. The van der Waals surface area contributed by atoms with Crippen molar-refractivity contribution in [1.82, 2.24) is 15.0 Å². The van der Waals surface area contributed by atoms with E-state index in [1.54, 1.807) is 17.0 Å². The number of aromatic amines is 1. The van der Waals surface area contributed by atoms with Crippen LogP contribution in [0.1, 0.15) is 27.3 Å². The van der Waals surface area contributed by atoms with E-state index in [2.05, 4.69) is 15.0 Å². The predicted molar refractivity (Wildman–Crippen MR) is 96.9 cm³/mol. The van der Waals surface area contributed by atoms with Crippen molar-refractivity contribution in [2.24, 2.45) is 0 Å². The van der Waals surface area contributed by atoms with Gasteiger partial charge in [0, 0.05) is 35.0 Å². The van der Waals surface area contributed by atoms with Crippen molar-refractivity contribution in [3.05, 3.63) is 57.5 Å². The van der Waals surface area contributed by atoms with E-state index >= 15 is 0 Å². The molecule has 6 nitrogen and oxygen atoms in total. The van der Waals surface area contributed by atoms with Gasteiger partial charge in [0.25, 0.3) is 0 Å². The molecule has 3 heterocycles. The third-order valence-corrected chi connectivity index (χ3v) is 5.47. The molecule has 0 aliphatic heterocycles. The summed E-state index contributed by atoms with van der Waals surface area (Å²) >= 11 is 2.63. The van der Waals surface area contributed by atoms with E-state index in [1.165, 1.54) is 29.8 Å². The number of rotatable bonds is 5. The van der Waals surface area contributed by atoms with Crippen LogP contribution in [0.25, 0.3) is 21.6 Å². The van der Waals surface area contributed by atoms with E-state index in [1.807, 2.05) is 24.3 Å². The first-order chi connectivity index (χ1) is 12.2. The second kappa shape index (κ2) is 6.49. The molecule has 0 saturated carbocycles. The summed E-state index contributed by atoms with van der Waals surface area (Å²) in [4.78, 5) is 24.6. The summed E-state index contributed by atoms with van der Waals surface area (Å²) in [5.74, 6) is -0.123. The fourth-order valence-corrected chi connectivity index (χ4v) is 4.10. The molecule has 0 radical (unpaired) electrons. The van der Waals surface area contributed by atoms with E-state index < -0.39 is 6.29 Å². The lowest BCUT2D eigenvalue weighted by atomic mass is 10.1. The fourth-order valence-electron chi connectivity index (χ4n) is 2.49. The number of ether oxygens (including phenoxy) is 1. The van der Waals surface area contributed by atoms with Crippen molar-refractivity contribution < 1.29 is 14.6 Å². The molecule has 0 aliphatic rings. The lowest BCUT2D eigenvalue weighted by Gasteiger charge is -2.02. The third kappa shape index (κ3) is 2.89. The zero-order valence-electron chi connectivity index (χ0n) is 13.1. The summed E-state index contributed by atoms with van der Waals surface area (Å²) < 4.78 is 4.84. The molecule has 25 heavy (non-hydrogen) atoms. The van der Waals surface area contributed by atoms with Crippen LogP contribution in [-0.2, 0) is 4.74 Å². The summed E-state index contributed by atoms with van der Waals surface area (Å²) in [5.41, 5.74) is 2.57. The molecule has 4 aromatic rings. The van der Waals surface area contributed by atoms with Crippen LogP contribution in [-0.4, -0.2) is 33.0 Å². The lowest BCUT2D eigenvalue weighted by molar-refractivity contribution is -0.0794. The van der Waals surface area contributed by atoms with Gasteiger partial charge in [-0.1, -0.05) is 18.2 Å². The number of hydrogen-bond acceptors (Lipinski definition) is 7. The Morgan fingerprint density at radius 3 is 2.92 bits per heavy atom. The van der Waals surface area contributed by atoms with Gasteiger partial charge < -0.3 is 14.8 Å². The van der Waals surface area contributed by atoms with Crippen LogP contribution >= 0.6 is 22.7 Å². The number of H-pyrrole nitrogens is 1. The maximum Gasteiger partial charge on any atom is 0.223 e. The van der Waals surface area contributed by atoms with Crippen LogP contribution in [0.15, 0.2) is 41.2 Å². The normalized spacial score (nSPS) is 12.6. The average molecular weight is 371 g/mol. The molecule has 0 aliphatic carbocycles. The molecule has 1 unspecified atom stereocenters. The zero-order chi connectivity index (χ0) is 17.4. The van der Waals surface area contributed by atoms with E-state index in [4.69, 9.17) is 4.74 Å². The molecule has 0 fully saturated rings. The Morgan fingerprint density at radius 1 is 1.24 bits per heavy atom. The summed E-state index contributed by atoms with van der Waals surface area (Å²) in [6.07, 6.45) is 0.654. The molecule has 2 N–H and O–H groups in total. The van der Waals surface area contributed by atoms with Crippen molar-refractivity contribution >= 4 is 39.4 Å². The average Bonchev–Trinajstić information content (AvgIpc) is 3.38. The Labute approximate surface area is 150 Å². The van der Waals surface area contributed by atoms with Crippen molar-refractivity contribution in [3.63, 3.8) is 0 Å².